The van der Waals surface area contributed by atoms with Crippen molar-refractivity contribution in [2.24, 2.45) is 0 Å². The first-order valence-electron chi connectivity index (χ1n) is 23.3. The number of nitrogens with zero attached hydrogens (tertiary/aromatic N) is 4. The van der Waals surface area contributed by atoms with E-state index in [1.807, 2.05) is 6.20 Å². The van der Waals surface area contributed by atoms with E-state index in [0.717, 1.165) is 61.7 Å². The maximum absolute atomic E-state index is 5.04. The van der Waals surface area contributed by atoms with Crippen LogP contribution in [-0.2, 0) is 32.9 Å². The van der Waals surface area contributed by atoms with Crippen molar-refractivity contribution >= 4 is 44.6 Å². The van der Waals surface area contributed by atoms with Crippen molar-refractivity contribution in [1.82, 2.24) is 9.55 Å². The van der Waals surface area contributed by atoms with Crippen molar-refractivity contribution in [2.75, 3.05) is 9.80 Å². The molecule has 0 bridgehead atoms. The third-order valence-electron chi connectivity index (χ3n) is 13.6. The van der Waals surface area contributed by atoms with Gasteiger partial charge in [0.15, 0.2) is 0 Å². The number of pyridine rings is 1. The van der Waals surface area contributed by atoms with Gasteiger partial charge in [-0.1, -0.05) is 177 Å². The summed E-state index contributed by atoms with van der Waals surface area (Å²) in [6.07, 6.45) is 2.56. The number of rotatable bonds is 10. The Morgan fingerprint density at radius 3 is 1.80 bits per heavy atom. The van der Waals surface area contributed by atoms with Gasteiger partial charge in [0, 0.05) is 55.3 Å². The second-order valence-electron chi connectivity index (χ2n) is 18.1. The van der Waals surface area contributed by atoms with Gasteiger partial charge in [-0.3, -0.25) is 0 Å². The van der Waals surface area contributed by atoms with Gasteiger partial charge in [0.05, 0.1) is 0 Å². The molecule has 4 nitrogen and oxygen atoms in total. The van der Waals surface area contributed by atoms with Crippen molar-refractivity contribution in [2.45, 2.75) is 25.7 Å². The van der Waals surface area contributed by atoms with E-state index in [4.69, 9.17) is 4.98 Å². The molecule has 69 heavy (non-hydrogen) atoms. The van der Waals surface area contributed by atoms with Gasteiger partial charge in [-0.25, -0.2) is 4.98 Å². The largest absolute Gasteiger partial charge is 0.493 e. The summed E-state index contributed by atoms with van der Waals surface area (Å²) in [6, 6.07) is 88.3. The van der Waals surface area contributed by atoms with E-state index >= 15 is 0 Å². The second kappa shape index (κ2) is 18.4. The number of fused-ring (bicyclic) bond motifs is 4. The van der Waals surface area contributed by atoms with Gasteiger partial charge in [0.25, 0.3) is 0 Å². The molecule has 1 aliphatic heterocycles. The molecule has 1 aliphatic rings. The zero-order valence-electron chi connectivity index (χ0n) is 38.3. The Balaban J connectivity index is 0.00000520. The molecule has 11 aromatic rings. The fourth-order valence-corrected chi connectivity index (χ4v) is 10.1. The number of anilines is 4. The summed E-state index contributed by atoms with van der Waals surface area (Å²) in [6.45, 7) is 6.78. The number of benzene rings is 9. The maximum atomic E-state index is 5.04. The molecule has 0 aliphatic carbocycles. The maximum Gasteiger partial charge on any atom is 0.135 e. The molecule has 0 N–H and O–H groups in total. The van der Waals surface area contributed by atoms with Gasteiger partial charge in [-0.2, -0.15) is 41.5 Å². The minimum absolute atomic E-state index is 0. The predicted molar refractivity (Wildman–Crippen MR) is 282 cm³/mol. The van der Waals surface area contributed by atoms with Crippen molar-refractivity contribution in [3.63, 3.8) is 0 Å². The summed E-state index contributed by atoms with van der Waals surface area (Å²) in [5.74, 6) is 0.874. The van der Waals surface area contributed by atoms with Crippen LogP contribution in [0.5, 0.6) is 0 Å². The summed E-state index contributed by atoms with van der Waals surface area (Å²) in [5.41, 5.74) is 17.7. The van der Waals surface area contributed by atoms with Crippen LogP contribution >= 0.6 is 0 Å². The standard InChI is InChI=1S/C64H47N4.Pt/c1-64(2,50-24-11-5-12-25-50)51-36-37-65-62(43-51)68-58-31-16-15-28-56(58)57-35-34-45(41-61(57)68)38-46-39-49(63-54(47-20-7-3-8-21-47)29-19-30-55(63)48-22-9-4-10-23-48)42-53(40-46)67-44-66(52-26-13-6-14-27-52)59-32-17-18-33-60(59)67;/h3-37,39,42-44H,38H2,1-2H3;/q-3;. The van der Waals surface area contributed by atoms with Crippen LogP contribution in [0.25, 0.3) is 61.0 Å². The normalized spacial score (nSPS) is 12.3. The Hall–Kier alpha value is -7.78. The zero-order chi connectivity index (χ0) is 45.6. The smallest absolute Gasteiger partial charge is 0.135 e. The Bertz CT molecular complexity index is 3550. The summed E-state index contributed by atoms with van der Waals surface area (Å²) in [5, 5.41) is 2.32. The van der Waals surface area contributed by atoms with Crippen molar-refractivity contribution in [1.29, 1.82) is 0 Å². The van der Waals surface area contributed by atoms with Crippen LogP contribution in [-0.4, -0.2) is 9.55 Å². The van der Waals surface area contributed by atoms with E-state index in [2.05, 4.69) is 271 Å². The van der Waals surface area contributed by atoms with Gasteiger partial charge < -0.3 is 14.4 Å². The summed E-state index contributed by atoms with van der Waals surface area (Å²) in [4.78, 5) is 9.61. The first-order chi connectivity index (χ1) is 33.5. The number of hydrogen-bond acceptors (Lipinski definition) is 3. The first-order valence-corrected chi connectivity index (χ1v) is 23.3. The Morgan fingerprint density at radius 2 is 1.10 bits per heavy atom. The molecule has 12 rings (SSSR count). The van der Waals surface area contributed by atoms with E-state index < -0.39 is 0 Å². The van der Waals surface area contributed by atoms with Crippen molar-refractivity contribution < 1.29 is 21.1 Å². The molecule has 0 unspecified atom stereocenters. The predicted octanol–water partition coefficient (Wildman–Crippen LogP) is 16.1. The van der Waals surface area contributed by atoms with E-state index in [1.54, 1.807) is 0 Å². The minimum atomic E-state index is -0.226. The van der Waals surface area contributed by atoms with Crippen LogP contribution < -0.4 is 9.80 Å². The van der Waals surface area contributed by atoms with Crippen LogP contribution in [0, 0.1) is 18.8 Å². The van der Waals surface area contributed by atoms with Crippen LogP contribution in [0.2, 0.25) is 0 Å². The van der Waals surface area contributed by atoms with Gasteiger partial charge in [-0.05, 0) is 93.2 Å². The number of hydrogen-bond donors (Lipinski definition) is 0. The SMILES string of the molecule is CC(C)(c1ccccc1)c1ccnc(-n2c3[c-]c(Cc4[c-]c(N5[CH-]N(c6ccccc6)c6ccccc65)cc(-c5c(-c6ccccc6)cccc5-c5ccccc5)c4)ccc3c3ccccc32)c1.[Pt]. The molecule has 0 fully saturated rings. The third kappa shape index (κ3) is 8.05. The zero-order valence-corrected chi connectivity index (χ0v) is 40.6. The summed E-state index contributed by atoms with van der Waals surface area (Å²) < 4.78 is 2.29. The van der Waals surface area contributed by atoms with Crippen LogP contribution in [0.3, 0.4) is 0 Å². The van der Waals surface area contributed by atoms with Gasteiger partial charge >= 0.3 is 0 Å². The van der Waals surface area contributed by atoms with Crippen LogP contribution in [0.15, 0.2) is 231 Å². The molecule has 5 heteroatoms. The molecule has 0 spiro atoms. The molecule has 0 radical (unpaired) electrons. The Labute approximate surface area is 419 Å². The van der Waals surface area contributed by atoms with Crippen molar-refractivity contribution in [3.05, 3.63) is 272 Å². The molecule has 0 saturated heterocycles. The number of aromatic nitrogens is 2. The molecule has 0 saturated carbocycles. The van der Waals surface area contributed by atoms with E-state index in [1.165, 1.54) is 44.3 Å². The summed E-state index contributed by atoms with van der Waals surface area (Å²) >= 11 is 0. The average Bonchev–Trinajstić information content (AvgIpc) is 3.96. The number of para-hydroxylation sites is 4. The van der Waals surface area contributed by atoms with Gasteiger partial charge in [-0.15, -0.1) is 29.4 Å². The molecule has 0 atom stereocenters. The second-order valence-corrected chi connectivity index (χ2v) is 18.1. The van der Waals surface area contributed by atoms with Crippen LogP contribution in [0.4, 0.5) is 22.7 Å². The van der Waals surface area contributed by atoms with E-state index in [9.17, 15) is 0 Å². The van der Waals surface area contributed by atoms with E-state index in [0.29, 0.717) is 6.42 Å². The third-order valence-corrected chi connectivity index (χ3v) is 13.6. The van der Waals surface area contributed by atoms with Gasteiger partial charge in [0.1, 0.15) is 5.82 Å². The fraction of sp³-hybridized carbons (Fsp3) is 0.0625. The van der Waals surface area contributed by atoms with E-state index in [-0.39, 0.29) is 26.5 Å². The molecular formula is C64H47N4Pt-3. The summed E-state index contributed by atoms with van der Waals surface area (Å²) in [7, 11) is 0. The quantitative estimate of drug-likeness (QED) is 0.128. The first kappa shape index (κ1) is 43.8. The molecule has 336 valence electrons. The fourth-order valence-electron chi connectivity index (χ4n) is 10.1. The minimum Gasteiger partial charge on any atom is -0.493 e. The Kier molecular flexibility index (Phi) is 11.7. The molecule has 3 heterocycles. The topological polar surface area (TPSA) is 24.3 Å². The van der Waals surface area contributed by atoms with Gasteiger partial charge in [0.2, 0.25) is 0 Å². The monoisotopic (exact) mass is 1070 g/mol. The average molecular weight is 1070 g/mol. The molecule has 2 aromatic heterocycles. The molecule has 0 amide bonds. The molecular weight excluding hydrogens is 1020 g/mol. The Morgan fingerprint density at radius 1 is 0.493 bits per heavy atom. The van der Waals surface area contributed by atoms with Crippen molar-refractivity contribution in [3.8, 4) is 39.2 Å². The molecule has 9 aromatic carbocycles. The van der Waals surface area contributed by atoms with Crippen LogP contribution in [0.1, 0.15) is 36.1 Å².